The van der Waals surface area contributed by atoms with E-state index in [1.165, 1.54) is 31.4 Å². The summed E-state index contributed by atoms with van der Waals surface area (Å²) in [5, 5.41) is 0.242. The molecule has 2 aromatic rings. The van der Waals surface area contributed by atoms with Crippen LogP contribution in [0.2, 0.25) is 5.02 Å². The summed E-state index contributed by atoms with van der Waals surface area (Å²) in [6, 6.07) is 9.19. The minimum Gasteiger partial charge on any atom is -0.495 e. The molecule has 2 aliphatic heterocycles. The molecule has 2 unspecified atom stereocenters. The number of hydrogen-bond donors (Lipinski definition) is 1. The fraction of sp³-hybridized carbons (Fsp3) is 0.375. The van der Waals surface area contributed by atoms with E-state index in [4.69, 9.17) is 21.1 Å². The van der Waals surface area contributed by atoms with Crippen molar-refractivity contribution in [2.75, 3.05) is 44.4 Å². The van der Waals surface area contributed by atoms with Crippen molar-refractivity contribution >= 4 is 39.3 Å². The Morgan fingerprint density at radius 3 is 2.49 bits per heavy atom. The lowest BCUT2D eigenvalue weighted by molar-refractivity contribution is -0.150. The van der Waals surface area contributed by atoms with Gasteiger partial charge < -0.3 is 14.4 Å². The van der Waals surface area contributed by atoms with Crippen molar-refractivity contribution in [2.24, 2.45) is 0 Å². The molecule has 1 N–H and O–H groups in total. The predicted molar refractivity (Wildman–Crippen MR) is 132 cm³/mol. The van der Waals surface area contributed by atoms with Gasteiger partial charge in [-0.25, -0.2) is 12.8 Å². The van der Waals surface area contributed by atoms with Gasteiger partial charge in [0, 0.05) is 31.3 Å². The van der Waals surface area contributed by atoms with E-state index in [2.05, 4.69) is 9.62 Å². The topological polar surface area (TPSA) is 88.2 Å². The van der Waals surface area contributed by atoms with E-state index in [1.807, 2.05) is 4.90 Å². The van der Waals surface area contributed by atoms with E-state index >= 15 is 0 Å². The molecule has 2 aliphatic rings. The van der Waals surface area contributed by atoms with Crippen LogP contribution in [0, 0.1) is 5.82 Å². The quantitative estimate of drug-likeness (QED) is 0.561. The zero-order valence-corrected chi connectivity index (χ0v) is 21.0. The monoisotopic (exact) mass is 523 g/mol. The van der Waals surface area contributed by atoms with Gasteiger partial charge in [-0.15, -0.1) is 0 Å². The number of nitrogens with zero attached hydrogens (tertiary/aromatic N) is 2. The molecule has 2 fully saturated rings. The van der Waals surface area contributed by atoms with Crippen molar-refractivity contribution in [1.29, 1.82) is 0 Å². The standard InChI is InChI=1S/C24H27ClFN3O5S/c1-33-23-9-17(22(10-21(23)25)27-35(2,31)32)5-8-24(30)29-19-12-28(13-20(29)15-34-14-19)11-16-3-6-18(26)7-4-16/h3-10,19-20,27H,11-15H2,1-2H3. The van der Waals surface area contributed by atoms with Crippen molar-refractivity contribution in [1.82, 2.24) is 9.80 Å². The van der Waals surface area contributed by atoms with Crippen LogP contribution in [-0.4, -0.2) is 75.9 Å². The molecule has 1 amide bonds. The lowest BCUT2D eigenvalue weighted by Crippen LogP contribution is -2.65. The third-order valence-corrected chi connectivity index (χ3v) is 6.83. The minimum absolute atomic E-state index is 0.131. The summed E-state index contributed by atoms with van der Waals surface area (Å²) in [5.41, 5.74) is 1.70. The molecule has 2 aromatic carbocycles. The Labute approximate surface area is 209 Å². The van der Waals surface area contributed by atoms with Gasteiger partial charge >= 0.3 is 0 Å². The molecule has 2 atom stereocenters. The van der Waals surface area contributed by atoms with Gasteiger partial charge in [-0.05, 0) is 35.9 Å². The van der Waals surface area contributed by atoms with Crippen LogP contribution in [-0.2, 0) is 26.1 Å². The maximum atomic E-state index is 13.2. The molecule has 4 rings (SSSR count). The smallest absolute Gasteiger partial charge is 0.247 e. The number of carbonyl (C=O) groups is 1. The van der Waals surface area contributed by atoms with Crippen LogP contribution in [0.4, 0.5) is 10.1 Å². The predicted octanol–water partition coefficient (Wildman–Crippen LogP) is 2.98. The van der Waals surface area contributed by atoms with Gasteiger partial charge in [0.2, 0.25) is 15.9 Å². The zero-order chi connectivity index (χ0) is 25.2. The summed E-state index contributed by atoms with van der Waals surface area (Å²) in [4.78, 5) is 17.3. The number of sulfonamides is 1. The molecule has 0 saturated carbocycles. The largest absolute Gasteiger partial charge is 0.495 e. The van der Waals surface area contributed by atoms with E-state index < -0.39 is 10.0 Å². The summed E-state index contributed by atoms with van der Waals surface area (Å²) in [5.74, 6) is -0.101. The Hall–Kier alpha value is -2.66. The van der Waals surface area contributed by atoms with Crippen LogP contribution in [0.15, 0.2) is 42.5 Å². The summed E-state index contributed by atoms with van der Waals surface area (Å²) in [6.45, 7) is 2.76. The van der Waals surface area contributed by atoms with Gasteiger partial charge in [-0.1, -0.05) is 23.7 Å². The lowest BCUT2D eigenvalue weighted by atomic mass is 10.0. The first-order valence-electron chi connectivity index (χ1n) is 11.0. The number of methoxy groups -OCH3 is 1. The molecule has 188 valence electrons. The second-order valence-corrected chi connectivity index (χ2v) is 10.8. The summed E-state index contributed by atoms with van der Waals surface area (Å²) in [7, 11) is -2.11. The number of piperazine rings is 1. The zero-order valence-electron chi connectivity index (χ0n) is 19.4. The molecular weight excluding hydrogens is 497 g/mol. The first kappa shape index (κ1) is 25.4. The molecule has 0 spiro atoms. The van der Waals surface area contributed by atoms with E-state index in [0.29, 0.717) is 44.2 Å². The molecule has 0 aliphatic carbocycles. The number of fused-ring (bicyclic) bond motifs is 2. The highest BCUT2D eigenvalue weighted by molar-refractivity contribution is 7.92. The average Bonchev–Trinajstić information content (AvgIpc) is 2.78. The molecule has 35 heavy (non-hydrogen) atoms. The summed E-state index contributed by atoms with van der Waals surface area (Å²) < 4.78 is 50.2. The van der Waals surface area contributed by atoms with Crippen LogP contribution in [0.1, 0.15) is 11.1 Å². The number of morpholine rings is 1. The van der Waals surface area contributed by atoms with E-state index in [9.17, 15) is 17.6 Å². The molecule has 2 saturated heterocycles. The molecule has 8 nitrogen and oxygen atoms in total. The Morgan fingerprint density at radius 2 is 1.89 bits per heavy atom. The highest BCUT2D eigenvalue weighted by Gasteiger charge is 2.40. The number of ether oxygens (including phenoxy) is 2. The minimum atomic E-state index is -3.56. The van der Waals surface area contributed by atoms with Gasteiger partial charge in [-0.3, -0.25) is 14.4 Å². The SMILES string of the molecule is COc1cc(C=CC(=O)N2C3COCC2CN(Cc2ccc(F)cc2)C3)c(NS(C)(=O)=O)cc1Cl. The Kier molecular flexibility index (Phi) is 7.65. The Balaban J connectivity index is 1.51. The van der Waals surface area contributed by atoms with Crippen molar-refractivity contribution in [3.05, 3.63) is 64.4 Å². The maximum Gasteiger partial charge on any atom is 0.247 e. The molecular formula is C24H27ClFN3O5S. The normalized spacial score (nSPS) is 20.7. The highest BCUT2D eigenvalue weighted by Crippen LogP contribution is 2.32. The van der Waals surface area contributed by atoms with Crippen molar-refractivity contribution in [2.45, 2.75) is 18.6 Å². The van der Waals surface area contributed by atoms with E-state index in [-0.39, 0.29) is 34.5 Å². The number of nitrogens with one attached hydrogen (secondary N) is 1. The van der Waals surface area contributed by atoms with Gasteiger partial charge in [0.25, 0.3) is 0 Å². The van der Waals surface area contributed by atoms with E-state index in [0.717, 1.165) is 11.8 Å². The molecule has 0 aromatic heterocycles. The number of carbonyl (C=O) groups excluding carboxylic acids is 1. The van der Waals surface area contributed by atoms with Crippen LogP contribution in [0.3, 0.4) is 0 Å². The van der Waals surface area contributed by atoms with Crippen molar-refractivity contribution in [3.8, 4) is 5.75 Å². The van der Waals surface area contributed by atoms with Crippen LogP contribution < -0.4 is 9.46 Å². The van der Waals surface area contributed by atoms with Gasteiger partial charge in [-0.2, -0.15) is 0 Å². The second kappa shape index (κ2) is 10.5. The maximum absolute atomic E-state index is 13.2. The number of benzene rings is 2. The Morgan fingerprint density at radius 1 is 1.23 bits per heavy atom. The molecule has 2 bridgehead atoms. The van der Waals surface area contributed by atoms with Crippen LogP contribution >= 0.6 is 11.6 Å². The summed E-state index contributed by atoms with van der Waals surface area (Å²) in [6.07, 6.45) is 4.02. The van der Waals surface area contributed by atoms with Gasteiger partial charge in [0.05, 0.1) is 49.4 Å². The third-order valence-electron chi connectivity index (χ3n) is 5.94. The highest BCUT2D eigenvalue weighted by atomic mass is 35.5. The van der Waals surface area contributed by atoms with Crippen LogP contribution in [0.5, 0.6) is 5.75 Å². The number of amides is 1. The number of halogens is 2. The van der Waals surface area contributed by atoms with Gasteiger partial charge in [0.15, 0.2) is 0 Å². The fourth-order valence-corrected chi connectivity index (χ4v) is 5.30. The molecule has 11 heteroatoms. The van der Waals surface area contributed by atoms with E-state index in [1.54, 1.807) is 24.3 Å². The second-order valence-electron chi connectivity index (χ2n) is 8.69. The number of anilines is 1. The van der Waals surface area contributed by atoms with Crippen molar-refractivity contribution < 1.29 is 27.1 Å². The molecule has 0 radical (unpaired) electrons. The fourth-order valence-electron chi connectivity index (χ4n) is 4.49. The third kappa shape index (κ3) is 6.32. The average molecular weight is 524 g/mol. The first-order chi connectivity index (χ1) is 16.6. The number of hydrogen-bond acceptors (Lipinski definition) is 6. The van der Waals surface area contributed by atoms with Crippen molar-refractivity contribution in [3.63, 3.8) is 0 Å². The Bertz CT molecular complexity index is 1210. The van der Waals surface area contributed by atoms with Crippen LogP contribution in [0.25, 0.3) is 6.08 Å². The summed E-state index contributed by atoms with van der Waals surface area (Å²) >= 11 is 6.16. The molecule has 2 heterocycles. The number of rotatable bonds is 7. The van der Waals surface area contributed by atoms with Gasteiger partial charge in [0.1, 0.15) is 11.6 Å². The first-order valence-corrected chi connectivity index (χ1v) is 13.3. The lowest BCUT2D eigenvalue weighted by Gasteiger charge is -2.49.